The zero-order valence-electron chi connectivity index (χ0n) is 6.30. The van der Waals surface area contributed by atoms with E-state index in [1.165, 1.54) is 12.1 Å². The van der Waals surface area contributed by atoms with E-state index < -0.39 is 12.3 Å². The normalized spacial score (nSPS) is 11.4. The number of rotatable bonds is 1. The Bertz CT molecular complexity index is 441. The van der Waals surface area contributed by atoms with Crippen molar-refractivity contribution >= 4 is 22.7 Å². The van der Waals surface area contributed by atoms with Crippen molar-refractivity contribution in [2.75, 3.05) is 0 Å². The third-order valence-electron chi connectivity index (χ3n) is 1.55. The first-order chi connectivity index (χ1) is 6.16. The molecule has 0 saturated heterocycles. The van der Waals surface area contributed by atoms with Gasteiger partial charge in [0.15, 0.2) is 5.58 Å². The first kappa shape index (κ1) is 8.44. The number of hydrogen-bond donors (Lipinski definition) is 0. The molecule has 0 radical (unpaired) electrons. The molecular formula is C8H4ClF2NO. The number of oxazole rings is 1. The molecule has 68 valence electrons. The average Bonchev–Trinajstić information content (AvgIpc) is 2.46. The second-order valence-electron chi connectivity index (χ2n) is 2.46. The molecule has 0 saturated carbocycles. The molecule has 1 aromatic carbocycles. The summed E-state index contributed by atoms with van der Waals surface area (Å²) < 4.78 is 29.0. The molecule has 2 nitrogen and oxygen atoms in total. The predicted molar refractivity (Wildman–Crippen MR) is 44.0 cm³/mol. The van der Waals surface area contributed by atoms with Crippen LogP contribution in [-0.2, 0) is 0 Å². The van der Waals surface area contributed by atoms with Gasteiger partial charge in [-0.05, 0) is 12.1 Å². The first-order valence-corrected chi connectivity index (χ1v) is 3.89. The van der Waals surface area contributed by atoms with Crippen molar-refractivity contribution < 1.29 is 13.2 Å². The van der Waals surface area contributed by atoms with Crippen LogP contribution in [0.1, 0.15) is 12.3 Å². The number of benzene rings is 1. The molecule has 5 heteroatoms. The van der Waals surface area contributed by atoms with Crippen LogP contribution in [0.15, 0.2) is 22.6 Å². The third-order valence-corrected chi connectivity index (χ3v) is 1.79. The Hall–Kier alpha value is -1.16. The van der Waals surface area contributed by atoms with Crippen LogP contribution in [-0.4, -0.2) is 4.98 Å². The summed E-state index contributed by atoms with van der Waals surface area (Å²) in [5, 5.41) is 0.435. The van der Waals surface area contributed by atoms with Crippen molar-refractivity contribution in [3.05, 3.63) is 29.1 Å². The van der Waals surface area contributed by atoms with Crippen LogP contribution in [0.2, 0.25) is 5.02 Å². The first-order valence-electron chi connectivity index (χ1n) is 3.51. The minimum absolute atomic E-state index is 0.280. The van der Waals surface area contributed by atoms with Crippen molar-refractivity contribution in [1.82, 2.24) is 4.98 Å². The van der Waals surface area contributed by atoms with Crippen molar-refractivity contribution in [2.24, 2.45) is 0 Å². The number of nitrogens with zero attached hydrogens (tertiary/aromatic N) is 1. The maximum absolute atomic E-state index is 12.1. The molecule has 1 aromatic heterocycles. The molecule has 1 heterocycles. The van der Waals surface area contributed by atoms with Gasteiger partial charge in [-0.2, -0.15) is 8.78 Å². The number of alkyl halides is 2. The van der Waals surface area contributed by atoms with Crippen LogP contribution in [0.5, 0.6) is 0 Å². The van der Waals surface area contributed by atoms with Crippen LogP contribution in [0.25, 0.3) is 11.1 Å². The molecule has 0 aliphatic heterocycles. The summed E-state index contributed by atoms with van der Waals surface area (Å²) >= 11 is 5.63. The Morgan fingerprint density at radius 1 is 1.38 bits per heavy atom. The van der Waals surface area contributed by atoms with Gasteiger partial charge in [0, 0.05) is 11.1 Å². The van der Waals surface area contributed by atoms with Gasteiger partial charge >= 0.3 is 6.43 Å². The number of aromatic nitrogens is 1. The van der Waals surface area contributed by atoms with Gasteiger partial charge in [-0.15, -0.1) is 0 Å². The monoisotopic (exact) mass is 203 g/mol. The van der Waals surface area contributed by atoms with Crippen LogP contribution in [0, 0.1) is 0 Å². The molecule has 0 amide bonds. The van der Waals surface area contributed by atoms with Gasteiger partial charge in [0.1, 0.15) is 5.52 Å². The van der Waals surface area contributed by atoms with Crippen molar-refractivity contribution in [2.45, 2.75) is 6.43 Å². The van der Waals surface area contributed by atoms with Gasteiger partial charge in [0.2, 0.25) is 0 Å². The van der Waals surface area contributed by atoms with E-state index in [0.717, 1.165) is 0 Å². The minimum atomic E-state index is -2.69. The largest absolute Gasteiger partial charge is 0.435 e. The Morgan fingerprint density at radius 2 is 2.15 bits per heavy atom. The zero-order chi connectivity index (χ0) is 9.42. The quantitative estimate of drug-likeness (QED) is 0.710. The Morgan fingerprint density at radius 3 is 2.85 bits per heavy atom. The summed E-state index contributed by atoms with van der Waals surface area (Å²) in [5.41, 5.74) is 0.669. The van der Waals surface area contributed by atoms with Crippen LogP contribution >= 0.6 is 11.6 Å². The summed E-state index contributed by atoms with van der Waals surface area (Å²) in [7, 11) is 0. The number of fused-ring (bicyclic) bond motifs is 1. The van der Waals surface area contributed by atoms with E-state index in [0.29, 0.717) is 10.5 Å². The molecule has 0 unspecified atom stereocenters. The van der Waals surface area contributed by atoms with Gasteiger partial charge in [-0.25, -0.2) is 4.98 Å². The highest BCUT2D eigenvalue weighted by atomic mass is 35.5. The van der Waals surface area contributed by atoms with Crippen LogP contribution in [0.3, 0.4) is 0 Å². The van der Waals surface area contributed by atoms with Gasteiger partial charge in [-0.1, -0.05) is 11.6 Å². The molecule has 0 spiro atoms. The van der Waals surface area contributed by atoms with Gasteiger partial charge < -0.3 is 4.42 Å². The van der Waals surface area contributed by atoms with Gasteiger partial charge in [-0.3, -0.25) is 0 Å². The molecule has 13 heavy (non-hydrogen) atoms. The van der Waals surface area contributed by atoms with E-state index in [2.05, 4.69) is 4.98 Å². The standard InChI is InChI=1S/C8H4ClF2NO/c9-4-1-2-5-6(3-4)13-8(12-5)7(10)11/h1-3,7H. The summed E-state index contributed by atoms with van der Waals surface area (Å²) in [5.74, 6) is -0.572. The summed E-state index contributed by atoms with van der Waals surface area (Å²) in [6, 6.07) is 4.56. The highest BCUT2D eigenvalue weighted by Gasteiger charge is 2.15. The zero-order valence-corrected chi connectivity index (χ0v) is 7.05. The summed E-state index contributed by atoms with van der Waals surface area (Å²) in [4.78, 5) is 3.58. The molecule has 0 N–H and O–H groups in total. The third kappa shape index (κ3) is 1.49. The average molecular weight is 204 g/mol. The minimum Gasteiger partial charge on any atom is -0.435 e. The van der Waals surface area contributed by atoms with E-state index in [-0.39, 0.29) is 5.58 Å². The Balaban J connectivity index is 2.62. The van der Waals surface area contributed by atoms with E-state index in [4.69, 9.17) is 16.0 Å². The number of halogens is 3. The van der Waals surface area contributed by atoms with E-state index in [1.807, 2.05) is 0 Å². The van der Waals surface area contributed by atoms with Crippen LogP contribution < -0.4 is 0 Å². The maximum Gasteiger partial charge on any atom is 0.313 e. The van der Waals surface area contributed by atoms with E-state index in [1.54, 1.807) is 6.07 Å². The molecular weight excluding hydrogens is 200 g/mol. The highest BCUT2D eigenvalue weighted by molar-refractivity contribution is 6.31. The lowest BCUT2D eigenvalue weighted by atomic mass is 10.3. The SMILES string of the molecule is FC(F)c1nc2ccc(Cl)cc2o1. The fourth-order valence-electron chi connectivity index (χ4n) is 1.01. The lowest BCUT2D eigenvalue weighted by Crippen LogP contribution is -1.80. The molecule has 0 aliphatic carbocycles. The molecule has 2 rings (SSSR count). The Labute approximate surface area is 77.1 Å². The fraction of sp³-hybridized carbons (Fsp3) is 0.125. The fourth-order valence-corrected chi connectivity index (χ4v) is 1.17. The highest BCUT2D eigenvalue weighted by Crippen LogP contribution is 2.25. The number of hydrogen-bond acceptors (Lipinski definition) is 2. The van der Waals surface area contributed by atoms with Gasteiger partial charge in [0.25, 0.3) is 5.89 Å². The van der Waals surface area contributed by atoms with Crippen molar-refractivity contribution in [1.29, 1.82) is 0 Å². The second-order valence-corrected chi connectivity index (χ2v) is 2.90. The van der Waals surface area contributed by atoms with Crippen LogP contribution in [0.4, 0.5) is 8.78 Å². The van der Waals surface area contributed by atoms with Crippen molar-refractivity contribution in [3.63, 3.8) is 0 Å². The van der Waals surface area contributed by atoms with E-state index in [9.17, 15) is 8.78 Å². The topological polar surface area (TPSA) is 26.0 Å². The maximum atomic E-state index is 12.1. The summed E-state index contributed by atoms with van der Waals surface area (Å²) in [6.07, 6.45) is -2.69. The lowest BCUT2D eigenvalue weighted by molar-refractivity contribution is 0.117. The summed E-state index contributed by atoms with van der Waals surface area (Å²) in [6.45, 7) is 0. The van der Waals surface area contributed by atoms with E-state index >= 15 is 0 Å². The predicted octanol–water partition coefficient (Wildman–Crippen LogP) is 3.42. The van der Waals surface area contributed by atoms with Crippen molar-refractivity contribution in [3.8, 4) is 0 Å². The molecule has 0 bridgehead atoms. The van der Waals surface area contributed by atoms with Gasteiger partial charge in [0.05, 0.1) is 0 Å². The molecule has 0 fully saturated rings. The lowest BCUT2D eigenvalue weighted by Gasteiger charge is -1.87. The molecule has 0 aliphatic rings. The molecule has 2 aromatic rings. The Kier molecular flexibility index (Phi) is 1.92. The smallest absolute Gasteiger partial charge is 0.313 e. The molecule has 0 atom stereocenters. The second kappa shape index (κ2) is 2.96.